The summed E-state index contributed by atoms with van der Waals surface area (Å²) in [4.78, 5) is 22.5. The van der Waals surface area contributed by atoms with Gasteiger partial charge in [0, 0.05) is 19.2 Å². The Bertz CT molecular complexity index is 622. The van der Waals surface area contributed by atoms with E-state index in [9.17, 15) is 18.0 Å². The van der Waals surface area contributed by atoms with E-state index in [-0.39, 0.29) is 23.8 Å². The summed E-state index contributed by atoms with van der Waals surface area (Å²) in [6, 6.07) is -0.963. The Morgan fingerprint density at radius 3 is 2.52 bits per heavy atom. The molecular formula is C11H18N4O5S. The first-order valence-electron chi connectivity index (χ1n) is 6.18. The number of amides is 1. The van der Waals surface area contributed by atoms with E-state index >= 15 is 0 Å². The average Bonchev–Trinajstić information content (AvgIpc) is 2.81. The van der Waals surface area contributed by atoms with E-state index in [0.717, 1.165) is 6.20 Å². The molecule has 1 heterocycles. The fraction of sp³-hybridized carbons (Fsp3) is 0.545. The van der Waals surface area contributed by atoms with Gasteiger partial charge in [0.1, 0.15) is 10.9 Å². The zero-order valence-corrected chi connectivity index (χ0v) is 12.5. The van der Waals surface area contributed by atoms with Gasteiger partial charge in [-0.05, 0) is 5.92 Å². The number of carboxylic acid groups (broad SMARTS) is 1. The number of aliphatic carboxylic acids is 1. The van der Waals surface area contributed by atoms with Gasteiger partial charge in [0.15, 0.2) is 0 Å². The largest absolute Gasteiger partial charge is 0.480 e. The van der Waals surface area contributed by atoms with Crippen LogP contribution < -0.4 is 10.5 Å². The highest BCUT2D eigenvalue weighted by Gasteiger charge is 2.23. The molecule has 0 aliphatic rings. The van der Waals surface area contributed by atoms with Crippen molar-refractivity contribution in [2.24, 2.45) is 11.1 Å². The van der Waals surface area contributed by atoms with Crippen molar-refractivity contribution in [1.82, 2.24) is 15.1 Å². The summed E-state index contributed by atoms with van der Waals surface area (Å²) in [5, 5.41) is 20.1. The molecule has 1 aromatic rings. The van der Waals surface area contributed by atoms with Gasteiger partial charge >= 0.3 is 5.97 Å². The molecule has 21 heavy (non-hydrogen) atoms. The first-order valence-corrected chi connectivity index (χ1v) is 7.73. The number of nitrogens with one attached hydrogen (secondary N) is 1. The summed E-state index contributed by atoms with van der Waals surface area (Å²) in [7, 11) is -3.82. The van der Waals surface area contributed by atoms with Gasteiger partial charge in [-0.1, -0.05) is 13.8 Å². The molecule has 0 aliphatic carbocycles. The normalized spacial score (nSPS) is 13.1. The number of rotatable bonds is 7. The van der Waals surface area contributed by atoms with Crippen molar-refractivity contribution in [2.75, 3.05) is 0 Å². The first kappa shape index (κ1) is 17.1. The molecule has 0 bridgehead atoms. The molecule has 9 nitrogen and oxygen atoms in total. The second-order valence-corrected chi connectivity index (χ2v) is 6.42. The van der Waals surface area contributed by atoms with Crippen LogP contribution in [0.4, 0.5) is 0 Å². The molecule has 0 fully saturated rings. The number of aromatic nitrogens is 2. The monoisotopic (exact) mass is 318 g/mol. The number of nitrogens with zero attached hydrogens (tertiary/aromatic N) is 2. The van der Waals surface area contributed by atoms with Crippen molar-refractivity contribution >= 4 is 21.9 Å². The maximum absolute atomic E-state index is 11.7. The van der Waals surface area contributed by atoms with E-state index in [1.807, 2.05) is 0 Å². The molecule has 0 aliphatic heterocycles. The van der Waals surface area contributed by atoms with Crippen LogP contribution in [0.2, 0.25) is 0 Å². The third-order valence-corrected chi connectivity index (χ3v) is 3.62. The van der Waals surface area contributed by atoms with Gasteiger partial charge in [-0.2, -0.15) is 5.10 Å². The first-order chi connectivity index (χ1) is 9.61. The molecular weight excluding hydrogens is 300 g/mol. The molecule has 0 radical (unpaired) electrons. The van der Waals surface area contributed by atoms with Crippen LogP contribution in [-0.4, -0.2) is 41.2 Å². The van der Waals surface area contributed by atoms with Gasteiger partial charge in [0.05, 0.1) is 6.20 Å². The summed E-state index contributed by atoms with van der Waals surface area (Å²) >= 11 is 0. The number of aryl methyl sites for hydroxylation is 1. The van der Waals surface area contributed by atoms with E-state index in [0.29, 0.717) is 0 Å². The minimum Gasteiger partial charge on any atom is -0.480 e. The van der Waals surface area contributed by atoms with E-state index in [2.05, 4.69) is 10.4 Å². The Morgan fingerprint density at radius 2 is 2.10 bits per heavy atom. The van der Waals surface area contributed by atoms with Crippen molar-refractivity contribution in [3.8, 4) is 0 Å². The summed E-state index contributed by atoms with van der Waals surface area (Å²) in [5.74, 6) is -1.80. The fourth-order valence-corrected chi connectivity index (χ4v) is 2.05. The van der Waals surface area contributed by atoms with E-state index in [1.165, 1.54) is 10.9 Å². The summed E-state index contributed by atoms with van der Waals surface area (Å²) in [5.41, 5.74) is 0. The number of nitrogens with two attached hydrogens (primary N) is 1. The number of hydrogen-bond acceptors (Lipinski definition) is 5. The third kappa shape index (κ3) is 5.16. The Kier molecular flexibility index (Phi) is 5.44. The fourth-order valence-electron chi connectivity index (χ4n) is 1.59. The van der Waals surface area contributed by atoms with Crippen molar-refractivity contribution in [2.45, 2.75) is 37.8 Å². The van der Waals surface area contributed by atoms with Crippen LogP contribution in [0.1, 0.15) is 20.3 Å². The topological polar surface area (TPSA) is 144 Å². The molecule has 118 valence electrons. The van der Waals surface area contributed by atoms with Crippen molar-refractivity contribution in [1.29, 1.82) is 0 Å². The number of primary sulfonamides is 1. The zero-order chi connectivity index (χ0) is 16.2. The number of carbonyl (C=O) groups is 2. The van der Waals surface area contributed by atoms with Crippen LogP contribution in [-0.2, 0) is 26.2 Å². The quantitative estimate of drug-likeness (QED) is 0.597. The van der Waals surface area contributed by atoms with Crippen LogP contribution in [0.15, 0.2) is 17.3 Å². The van der Waals surface area contributed by atoms with Crippen molar-refractivity contribution in [3.63, 3.8) is 0 Å². The third-order valence-electron chi connectivity index (χ3n) is 2.76. The van der Waals surface area contributed by atoms with Gasteiger partial charge in [-0.15, -0.1) is 0 Å². The number of carbonyl (C=O) groups excluding carboxylic acids is 1. The Balaban J connectivity index is 2.57. The molecule has 10 heteroatoms. The van der Waals surface area contributed by atoms with Crippen LogP contribution >= 0.6 is 0 Å². The molecule has 1 amide bonds. The van der Waals surface area contributed by atoms with Gasteiger partial charge in [-0.25, -0.2) is 18.4 Å². The van der Waals surface area contributed by atoms with Gasteiger partial charge in [0.2, 0.25) is 15.9 Å². The lowest BCUT2D eigenvalue weighted by atomic mass is 10.0. The minimum atomic E-state index is -3.82. The lowest BCUT2D eigenvalue weighted by molar-refractivity contribution is -0.143. The molecule has 1 rings (SSSR count). The van der Waals surface area contributed by atoms with E-state index in [1.54, 1.807) is 13.8 Å². The van der Waals surface area contributed by atoms with Crippen molar-refractivity contribution < 1.29 is 23.1 Å². The van der Waals surface area contributed by atoms with Crippen LogP contribution in [0.25, 0.3) is 0 Å². The predicted molar refractivity (Wildman–Crippen MR) is 72.6 cm³/mol. The molecule has 0 saturated carbocycles. The standard InChI is InChI=1S/C11H18N4O5S/c1-7(2)10(11(17)18)14-9(16)3-4-15-6-8(5-13-15)21(12,19)20/h5-7,10H,3-4H2,1-2H3,(H,14,16)(H,17,18)(H2,12,19,20)/t10-/m0/s1. The highest BCUT2D eigenvalue weighted by atomic mass is 32.2. The maximum Gasteiger partial charge on any atom is 0.326 e. The van der Waals surface area contributed by atoms with Crippen LogP contribution in [0.5, 0.6) is 0 Å². The lowest BCUT2D eigenvalue weighted by Crippen LogP contribution is -2.44. The lowest BCUT2D eigenvalue weighted by Gasteiger charge is -2.17. The second-order valence-electron chi connectivity index (χ2n) is 4.86. The summed E-state index contributed by atoms with van der Waals surface area (Å²) < 4.78 is 23.4. The minimum absolute atomic E-state index is 0.0256. The molecule has 4 N–H and O–H groups in total. The van der Waals surface area contributed by atoms with Crippen molar-refractivity contribution in [3.05, 3.63) is 12.4 Å². The molecule has 0 spiro atoms. The average molecular weight is 318 g/mol. The summed E-state index contributed by atoms with van der Waals surface area (Å²) in [6.07, 6.45) is 2.27. The molecule has 0 unspecified atom stereocenters. The predicted octanol–water partition coefficient (Wildman–Crippen LogP) is -0.854. The molecule has 1 aromatic heterocycles. The van der Waals surface area contributed by atoms with Crippen LogP contribution in [0.3, 0.4) is 0 Å². The maximum atomic E-state index is 11.7. The van der Waals surface area contributed by atoms with E-state index < -0.39 is 27.9 Å². The van der Waals surface area contributed by atoms with Gasteiger partial charge < -0.3 is 10.4 Å². The molecule has 1 atom stereocenters. The van der Waals surface area contributed by atoms with Gasteiger partial charge in [-0.3, -0.25) is 9.48 Å². The van der Waals surface area contributed by atoms with E-state index in [4.69, 9.17) is 10.2 Å². The molecule has 0 aromatic carbocycles. The smallest absolute Gasteiger partial charge is 0.326 e. The summed E-state index contributed by atoms with van der Waals surface area (Å²) in [6.45, 7) is 3.49. The Morgan fingerprint density at radius 1 is 1.48 bits per heavy atom. The number of hydrogen-bond donors (Lipinski definition) is 3. The Hall–Kier alpha value is -1.94. The van der Waals surface area contributed by atoms with Gasteiger partial charge in [0.25, 0.3) is 0 Å². The SMILES string of the molecule is CC(C)[C@H](NC(=O)CCn1cc(S(N)(=O)=O)cn1)C(=O)O. The highest BCUT2D eigenvalue weighted by molar-refractivity contribution is 7.89. The zero-order valence-electron chi connectivity index (χ0n) is 11.7. The Labute approximate surface area is 122 Å². The number of sulfonamides is 1. The highest BCUT2D eigenvalue weighted by Crippen LogP contribution is 2.05. The second kappa shape index (κ2) is 6.68. The number of carboxylic acids is 1. The molecule has 0 saturated heterocycles. The van der Waals surface area contributed by atoms with Crippen LogP contribution in [0, 0.1) is 5.92 Å².